The van der Waals surface area contributed by atoms with Crippen LogP contribution >= 0.6 is 11.3 Å². The first-order valence-corrected chi connectivity index (χ1v) is 8.86. The van der Waals surface area contributed by atoms with E-state index < -0.39 is 11.9 Å². The molecule has 1 atom stereocenters. The van der Waals surface area contributed by atoms with Gasteiger partial charge in [0.15, 0.2) is 5.78 Å². The van der Waals surface area contributed by atoms with Crippen molar-refractivity contribution in [3.05, 3.63) is 38.6 Å². The number of hydrogen-bond donors (Lipinski definition) is 1. The fraction of sp³-hybridized carbons (Fsp3) is 0.500. The van der Waals surface area contributed by atoms with Gasteiger partial charge in [0.1, 0.15) is 5.01 Å². The molecule has 1 N–H and O–H groups in total. The molecule has 2 aliphatic rings. The summed E-state index contributed by atoms with van der Waals surface area (Å²) in [4.78, 5) is 29.9. The number of methoxy groups -OCH3 is 1. The predicted octanol–water partition coefficient (Wildman–Crippen LogP) is 3.23. The highest BCUT2D eigenvalue weighted by atomic mass is 32.1. The molecule has 24 heavy (non-hydrogen) atoms. The van der Waals surface area contributed by atoms with Crippen LogP contribution in [0, 0.1) is 12.3 Å². The molecule has 1 aromatic rings. The van der Waals surface area contributed by atoms with Gasteiger partial charge in [-0.1, -0.05) is 13.8 Å². The van der Waals surface area contributed by atoms with E-state index in [1.54, 1.807) is 0 Å². The Morgan fingerprint density at radius 1 is 1.38 bits per heavy atom. The molecule has 6 heteroatoms. The second-order valence-corrected chi connectivity index (χ2v) is 8.14. The molecule has 3 rings (SSSR count). The topological polar surface area (TPSA) is 68.3 Å². The molecule has 0 bridgehead atoms. The molecule has 1 aromatic heterocycles. The third-order valence-corrected chi connectivity index (χ3v) is 5.56. The molecule has 128 valence electrons. The molecule has 0 radical (unpaired) electrons. The molecule has 0 fully saturated rings. The summed E-state index contributed by atoms with van der Waals surface area (Å²) in [6, 6.07) is 0. The highest BCUT2D eigenvalue weighted by molar-refractivity contribution is 7.09. The van der Waals surface area contributed by atoms with E-state index in [1.807, 2.05) is 19.2 Å². The number of hydrogen-bond acceptors (Lipinski definition) is 6. The minimum absolute atomic E-state index is 0.0838. The zero-order valence-electron chi connectivity index (χ0n) is 14.6. The number of nitrogens with zero attached hydrogens (tertiary/aromatic N) is 1. The van der Waals surface area contributed by atoms with Gasteiger partial charge in [-0.2, -0.15) is 0 Å². The van der Waals surface area contributed by atoms with E-state index in [1.165, 1.54) is 18.4 Å². The van der Waals surface area contributed by atoms with E-state index in [9.17, 15) is 9.59 Å². The molecular weight excluding hydrogens is 324 g/mol. The first-order chi connectivity index (χ1) is 11.2. The summed E-state index contributed by atoms with van der Waals surface area (Å²) in [5.74, 6) is -0.765. The Bertz CT molecular complexity index is 786. The molecular formula is C18H22N2O3S. The van der Waals surface area contributed by atoms with Crippen LogP contribution in [0.5, 0.6) is 0 Å². The van der Waals surface area contributed by atoms with Gasteiger partial charge in [0.25, 0.3) is 0 Å². The SMILES string of the molecule is COC(=O)C1=C(C)NC2=C(C(=O)CC(C)(C)C2)[C@@H]1c1nc(C)cs1. The van der Waals surface area contributed by atoms with E-state index in [4.69, 9.17) is 4.74 Å². The van der Waals surface area contributed by atoms with Gasteiger partial charge in [0.05, 0.1) is 18.6 Å². The second-order valence-electron chi connectivity index (χ2n) is 7.25. The number of aryl methyl sites for hydroxylation is 1. The van der Waals surface area contributed by atoms with Gasteiger partial charge in [-0.3, -0.25) is 4.79 Å². The number of ketones is 1. The maximum absolute atomic E-state index is 12.9. The van der Waals surface area contributed by atoms with Crippen LogP contribution in [0.2, 0.25) is 0 Å². The van der Waals surface area contributed by atoms with Gasteiger partial charge in [-0.15, -0.1) is 11.3 Å². The van der Waals surface area contributed by atoms with E-state index in [0.29, 0.717) is 17.6 Å². The number of Topliss-reactive ketones (excluding diaryl/α,β-unsaturated/α-hetero) is 1. The predicted molar refractivity (Wildman–Crippen MR) is 92.5 cm³/mol. The zero-order chi connectivity index (χ0) is 17.6. The van der Waals surface area contributed by atoms with Crippen molar-refractivity contribution in [2.45, 2.75) is 46.5 Å². The lowest BCUT2D eigenvalue weighted by Gasteiger charge is -2.38. The molecule has 0 saturated carbocycles. The Labute approximate surface area is 145 Å². The normalized spacial score (nSPS) is 23.0. The summed E-state index contributed by atoms with van der Waals surface area (Å²) in [5, 5.41) is 6.01. The number of nitrogens with one attached hydrogen (secondary N) is 1. The standard InChI is InChI=1S/C18H22N2O3S/c1-9-8-24-16(19-9)15-13(17(22)23-5)10(2)20-11-6-18(3,4)7-12(21)14(11)15/h8,15,20H,6-7H2,1-5H3/t15-/m1/s1. The average molecular weight is 346 g/mol. The number of carbonyl (C=O) groups excluding carboxylic acids is 2. The van der Waals surface area contributed by atoms with Crippen LogP contribution in [0.3, 0.4) is 0 Å². The van der Waals surface area contributed by atoms with E-state index in [-0.39, 0.29) is 11.2 Å². The summed E-state index contributed by atoms with van der Waals surface area (Å²) in [7, 11) is 1.36. The molecule has 1 aliphatic carbocycles. The van der Waals surface area contributed by atoms with Crippen molar-refractivity contribution in [2.75, 3.05) is 7.11 Å². The number of aromatic nitrogens is 1. The minimum Gasteiger partial charge on any atom is -0.466 e. The van der Waals surface area contributed by atoms with Gasteiger partial charge in [-0.25, -0.2) is 9.78 Å². The molecule has 0 spiro atoms. The fourth-order valence-corrected chi connectivity index (χ4v) is 4.48. The third-order valence-electron chi connectivity index (χ3n) is 4.53. The zero-order valence-corrected chi connectivity index (χ0v) is 15.5. The van der Waals surface area contributed by atoms with Crippen molar-refractivity contribution in [1.29, 1.82) is 0 Å². The Balaban J connectivity index is 2.18. The molecule has 0 saturated heterocycles. The number of carbonyl (C=O) groups is 2. The summed E-state index contributed by atoms with van der Waals surface area (Å²) in [5.41, 5.74) is 3.62. The first-order valence-electron chi connectivity index (χ1n) is 7.98. The lowest BCUT2D eigenvalue weighted by Crippen LogP contribution is -2.38. The van der Waals surface area contributed by atoms with Crippen molar-refractivity contribution in [3.8, 4) is 0 Å². The minimum atomic E-state index is -0.434. The van der Waals surface area contributed by atoms with Crippen LogP contribution in [0.25, 0.3) is 0 Å². The lowest BCUT2D eigenvalue weighted by molar-refractivity contribution is -0.136. The Morgan fingerprint density at radius 2 is 2.08 bits per heavy atom. The summed E-state index contributed by atoms with van der Waals surface area (Å²) < 4.78 is 4.98. The number of dihydropyridines is 1. The Hall–Kier alpha value is -1.95. The average Bonchev–Trinajstić information content (AvgIpc) is 2.90. The monoisotopic (exact) mass is 346 g/mol. The van der Waals surface area contributed by atoms with Crippen molar-refractivity contribution in [1.82, 2.24) is 10.3 Å². The van der Waals surface area contributed by atoms with Gasteiger partial charge < -0.3 is 10.1 Å². The van der Waals surface area contributed by atoms with Crippen LogP contribution in [0.1, 0.15) is 50.2 Å². The van der Waals surface area contributed by atoms with Gasteiger partial charge >= 0.3 is 5.97 Å². The van der Waals surface area contributed by atoms with Crippen LogP contribution in [-0.4, -0.2) is 23.8 Å². The molecule has 5 nitrogen and oxygen atoms in total. The van der Waals surface area contributed by atoms with Gasteiger partial charge in [0.2, 0.25) is 0 Å². The number of thiazole rings is 1. The van der Waals surface area contributed by atoms with Crippen LogP contribution in [-0.2, 0) is 14.3 Å². The van der Waals surface area contributed by atoms with Crippen LogP contribution in [0.15, 0.2) is 27.9 Å². The Kier molecular flexibility index (Phi) is 4.11. The highest BCUT2D eigenvalue weighted by Crippen LogP contribution is 2.47. The highest BCUT2D eigenvalue weighted by Gasteiger charge is 2.44. The summed E-state index contributed by atoms with van der Waals surface area (Å²) in [6.45, 7) is 7.95. The molecule has 0 amide bonds. The van der Waals surface area contributed by atoms with Crippen molar-refractivity contribution >= 4 is 23.1 Å². The second kappa shape index (κ2) is 5.84. The largest absolute Gasteiger partial charge is 0.466 e. The van der Waals surface area contributed by atoms with E-state index >= 15 is 0 Å². The number of rotatable bonds is 2. The molecule has 1 aliphatic heterocycles. The van der Waals surface area contributed by atoms with E-state index in [2.05, 4.69) is 24.1 Å². The maximum atomic E-state index is 12.9. The van der Waals surface area contributed by atoms with Crippen molar-refractivity contribution in [3.63, 3.8) is 0 Å². The number of allylic oxidation sites excluding steroid dienone is 3. The number of esters is 1. The lowest BCUT2D eigenvalue weighted by atomic mass is 9.70. The first kappa shape index (κ1) is 16.9. The van der Waals surface area contributed by atoms with Crippen LogP contribution in [0.4, 0.5) is 0 Å². The fourth-order valence-electron chi connectivity index (χ4n) is 3.57. The van der Waals surface area contributed by atoms with Crippen LogP contribution < -0.4 is 5.32 Å². The molecule has 0 aromatic carbocycles. The number of ether oxygens (including phenoxy) is 1. The summed E-state index contributed by atoms with van der Waals surface area (Å²) in [6.07, 6.45) is 1.25. The molecule has 0 unspecified atom stereocenters. The van der Waals surface area contributed by atoms with E-state index in [0.717, 1.165) is 28.5 Å². The Morgan fingerprint density at radius 3 is 2.67 bits per heavy atom. The summed E-state index contributed by atoms with van der Waals surface area (Å²) >= 11 is 1.48. The smallest absolute Gasteiger partial charge is 0.336 e. The van der Waals surface area contributed by atoms with Gasteiger partial charge in [0, 0.05) is 34.5 Å². The van der Waals surface area contributed by atoms with Gasteiger partial charge in [-0.05, 0) is 25.7 Å². The third kappa shape index (κ3) is 2.79. The molecule has 2 heterocycles. The van der Waals surface area contributed by atoms with Crippen molar-refractivity contribution < 1.29 is 14.3 Å². The quantitative estimate of drug-likeness (QED) is 0.833. The van der Waals surface area contributed by atoms with Crippen molar-refractivity contribution in [2.24, 2.45) is 5.41 Å². The maximum Gasteiger partial charge on any atom is 0.336 e.